The highest BCUT2D eigenvalue weighted by Crippen LogP contribution is 2.32. The van der Waals surface area contributed by atoms with Crippen LogP contribution in [0.5, 0.6) is 0 Å². The van der Waals surface area contributed by atoms with Crippen molar-refractivity contribution in [3.63, 3.8) is 0 Å². The molecule has 0 saturated carbocycles. The Hall–Kier alpha value is -1.69. The number of fused-ring (bicyclic) bond motifs is 1. The first-order valence-electron chi connectivity index (χ1n) is 8.57. The highest BCUT2D eigenvalue weighted by atomic mass is 16.3. The number of aromatic nitrogens is 4. The molecule has 1 unspecified atom stereocenters. The van der Waals surface area contributed by atoms with Gasteiger partial charge < -0.3 is 10.0 Å². The Labute approximate surface area is 137 Å². The molecule has 0 bridgehead atoms. The molecule has 2 aromatic heterocycles. The number of anilines is 1. The molecule has 1 aliphatic rings. The molecule has 6 nitrogen and oxygen atoms in total. The fraction of sp³-hybridized carbons (Fsp3) is 0.706. The smallest absolute Gasteiger partial charge is 0.201 e. The SMILES string of the molecule is Cc1nn2cnnc2c(N2CCC(C(O)CC(C)C)CC2)c1C. The summed E-state index contributed by atoms with van der Waals surface area (Å²) >= 11 is 0. The predicted molar refractivity (Wildman–Crippen MR) is 90.7 cm³/mol. The maximum atomic E-state index is 10.4. The van der Waals surface area contributed by atoms with Gasteiger partial charge in [-0.2, -0.15) is 9.61 Å². The van der Waals surface area contributed by atoms with Gasteiger partial charge in [-0.25, -0.2) is 0 Å². The number of piperidine rings is 1. The molecule has 23 heavy (non-hydrogen) atoms. The van der Waals surface area contributed by atoms with E-state index in [9.17, 15) is 5.11 Å². The lowest BCUT2D eigenvalue weighted by atomic mass is 9.87. The van der Waals surface area contributed by atoms with Crippen molar-refractivity contribution in [3.8, 4) is 0 Å². The number of hydrogen-bond acceptors (Lipinski definition) is 5. The lowest BCUT2D eigenvalue weighted by Gasteiger charge is -2.36. The number of nitrogens with zero attached hydrogens (tertiary/aromatic N) is 5. The van der Waals surface area contributed by atoms with Gasteiger partial charge in [0.2, 0.25) is 5.65 Å². The second-order valence-electron chi connectivity index (χ2n) is 7.18. The Balaban J connectivity index is 1.78. The third-order valence-corrected chi connectivity index (χ3v) is 5.01. The molecule has 1 fully saturated rings. The lowest BCUT2D eigenvalue weighted by Crippen LogP contribution is -2.39. The average Bonchev–Trinajstić information content (AvgIpc) is 2.95. The van der Waals surface area contributed by atoms with Crippen molar-refractivity contribution in [2.75, 3.05) is 18.0 Å². The first-order chi connectivity index (χ1) is 11.0. The minimum Gasteiger partial charge on any atom is -0.393 e. The highest BCUT2D eigenvalue weighted by molar-refractivity contribution is 5.72. The first-order valence-corrected chi connectivity index (χ1v) is 8.57. The molecule has 6 heteroatoms. The van der Waals surface area contributed by atoms with Gasteiger partial charge in [0.15, 0.2) is 0 Å². The summed E-state index contributed by atoms with van der Waals surface area (Å²) < 4.78 is 1.76. The zero-order valence-electron chi connectivity index (χ0n) is 14.5. The molecule has 1 atom stereocenters. The second kappa shape index (κ2) is 6.43. The minimum atomic E-state index is -0.175. The van der Waals surface area contributed by atoms with Crippen LogP contribution in [0.3, 0.4) is 0 Å². The lowest BCUT2D eigenvalue weighted by molar-refractivity contribution is 0.0735. The third kappa shape index (κ3) is 3.17. The Morgan fingerprint density at radius 1 is 1.26 bits per heavy atom. The van der Waals surface area contributed by atoms with Crippen LogP contribution in [0.4, 0.5) is 5.69 Å². The van der Waals surface area contributed by atoms with E-state index in [-0.39, 0.29) is 6.10 Å². The number of aryl methyl sites for hydroxylation is 1. The van der Waals surface area contributed by atoms with Crippen molar-refractivity contribution in [1.29, 1.82) is 0 Å². The minimum absolute atomic E-state index is 0.175. The molecular weight excluding hydrogens is 290 g/mol. The van der Waals surface area contributed by atoms with Crippen LogP contribution in [0.15, 0.2) is 6.33 Å². The van der Waals surface area contributed by atoms with E-state index in [1.807, 2.05) is 6.92 Å². The average molecular weight is 317 g/mol. The van der Waals surface area contributed by atoms with Crippen LogP contribution in [-0.2, 0) is 0 Å². The van der Waals surface area contributed by atoms with Crippen molar-refractivity contribution in [2.45, 2.75) is 53.1 Å². The number of aliphatic hydroxyl groups is 1. The predicted octanol–water partition coefficient (Wildman–Crippen LogP) is 2.36. The van der Waals surface area contributed by atoms with E-state index < -0.39 is 0 Å². The van der Waals surface area contributed by atoms with E-state index in [0.29, 0.717) is 11.8 Å². The van der Waals surface area contributed by atoms with E-state index >= 15 is 0 Å². The Morgan fingerprint density at radius 2 is 1.96 bits per heavy atom. The summed E-state index contributed by atoms with van der Waals surface area (Å²) in [6.45, 7) is 10.4. The van der Waals surface area contributed by atoms with E-state index in [1.54, 1.807) is 10.8 Å². The Bertz CT molecular complexity index is 673. The quantitative estimate of drug-likeness (QED) is 0.937. The fourth-order valence-corrected chi connectivity index (χ4v) is 3.60. The van der Waals surface area contributed by atoms with Crippen LogP contribution in [0.2, 0.25) is 0 Å². The fourth-order valence-electron chi connectivity index (χ4n) is 3.60. The zero-order chi connectivity index (χ0) is 16.6. The summed E-state index contributed by atoms with van der Waals surface area (Å²) in [6.07, 6.45) is 4.42. The van der Waals surface area contributed by atoms with Crippen molar-refractivity contribution in [2.24, 2.45) is 11.8 Å². The van der Waals surface area contributed by atoms with E-state index in [0.717, 1.165) is 49.4 Å². The number of hydrogen-bond donors (Lipinski definition) is 1. The van der Waals surface area contributed by atoms with Crippen LogP contribution in [-0.4, -0.2) is 44.1 Å². The van der Waals surface area contributed by atoms with Gasteiger partial charge in [0.05, 0.1) is 17.5 Å². The maximum absolute atomic E-state index is 10.4. The van der Waals surface area contributed by atoms with E-state index in [4.69, 9.17) is 0 Å². The highest BCUT2D eigenvalue weighted by Gasteiger charge is 2.28. The Kier molecular flexibility index (Phi) is 4.53. The van der Waals surface area contributed by atoms with Gasteiger partial charge in [-0.05, 0) is 50.5 Å². The molecule has 3 rings (SSSR count). The van der Waals surface area contributed by atoms with E-state index in [2.05, 4.69) is 41.0 Å². The summed E-state index contributed by atoms with van der Waals surface area (Å²) in [5.74, 6) is 0.953. The van der Waals surface area contributed by atoms with Gasteiger partial charge in [0, 0.05) is 13.1 Å². The largest absolute Gasteiger partial charge is 0.393 e. The summed E-state index contributed by atoms with van der Waals surface area (Å²) in [5.41, 5.74) is 4.15. The van der Waals surface area contributed by atoms with E-state index in [1.165, 1.54) is 5.56 Å². The van der Waals surface area contributed by atoms with Crippen molar-refractivity contribution in [3.05, 3.63) is 17.6 Å². The van der Waals surface area contributed by atoms with Gasteiger partial charge in [-0.15, -0.1) is 10.2 Å². The van der Waals surface area contributed by atoms with Crippen LogP contribution in [0, 0.1) is 25.7 Å². The second-order valence-corrected chi connectivity index (χ2v) is 7.18. The summed E-state index contributed by atoms with van der Waals surface area (Å²) in [7, 11) is 0. The third-order valence-electron chi connectivity index (χ3n) is 5.01. The molecule has 1 saturated heterocycles. The van der Waals surface area contributed by atoms with Gasteiger partial charge in [-0.3, -0.25) is 0 Å². The van der Waals surface area contributed by atoms with Gasteiger partial charge in [0.1, 0.15) is 6.33 Å². The molecule has 1 N–H and O–H groups in total. The molecule has 3 heterocycles. The molecule has 1 aliphatic heterocycles. The molecule has 0 aromatic carbocycles. The standard InChI is InChI=1S/C17H27N5O/c1-11(2)9-15(23)14-5-7-21(8-6-14)16-12(3)13(4)20-22-10-18-19-17(16)22/h10-11,14-15,23H,5-9H2,1-4H3. The summed E-state index contributed by atoms with van der Waals surface area (Å²) in [5, 5.41) is 23.1. The van der Waals surface area contributed by atoms with Gasteiger partial charge in [0.25, 0.3) is 0 Å². The molecule has 0 amide bonds. The maximum Gasteiger partial charge on any atom is 0.201 e. The number of rotatable bonds is 4. The monoisotopic (exact) mass is 317 g/mol. The molecule has 0 aliphatic carbocycles. The van der Waals surface area contributed by atoms with Gasteiger partial charge >= 0.3 is 0 Å². The van der Waals surface area contributed by atoms with Crippen LogP contribution in [0.1, 0.15) is 44.4 Å². The molecule has 126 valence electrons. The normalized spacial score (nSPS) is 18.1. The summed E-state index contributed by atoms with van der Waals surface area (Å²) in [4.78, 5) is 2.38. The van der Waals surface area contributed by atoms with Crippen molar-refractivity contribution in [1.82, 2.24) is 19.8 Å². The van der Waals surface area contributed by atoms with Crippen LogP contribution >= 0.6 is 0 Å². The molecule has 0 spiro atoms. The topological polar surface area (TPSA) is 66.5 Å². The molecule has 2 aromatic rings. The first kappa shape index (κ1) is 16.2. The van der Waals surface area contributed by atoms with Crippen LogP contribution in [0.25, 0.3) is 5.65 Å². The summed E-state index contributed by atoms with van der Waals surface area (Å²) in [6, 6.07) is 0. The van der Waals surface area contributed by atoms with Crippen molar-refractivity contribution >= 4 is 11.3 Å². The molecular formula is C17H27N5O. The molecule has 0 radical (unpaired) electrons. The Morgan fingerprint density at radius 3 is 2.61 bits per heavy atom. The van der Waals surface area contributed by atoms with Crippen molar-refractivity contribution < 1.29 is 5.11 Å². The van der Waals surface area contributed by atoms with Gasteiger partial charge in [-0.1, -0.05) is 13.8 Å². The zero-order valence-corrected chi connectivity index (χ0v) is 14.5. The van der Waals surface area contributed by atoms with Crippen LogP contribution < -0.4 is 4.90 Å². The number of aliphatic hydroxyl groups excluding tert-OH is 1.